The normalized spacial score (nSPS) is 15.8. The topological polar surface area (TPSA) is 49.3 Å². The highest BCUT2D eigenvalue weighted by atomic mass is 32.1. The number of hydrogen-bond acceptors (Lipinski definition) is 5. The Hall–Kier alpha value is -2.16. The van der Waals surface area contributed by atoms with Gasteiger partial charge in [-0.3, -0.25) is 4.79 Å². The maximum Gasteiger partial charge on any atom is 0.435 e. The van der Waals surface area contributed by atoms with Crippen molar-refractivity contribution < 1.29 is 18.0 Å². The summed E-state index contributed by atoms with van der Waals surface area (Å²) in [4.78, 5) is 15.8. The summed E-state index contributed by atoms with van der Waals surface area (Å²) >= 11 is 1.46. The van der Waals surface area contributed by atoms with Gasteiger partial charge in [-0.2, -0.15) is 24.5 Å². The Morgan fingerprint density at radius 3 is 2.35 bits per heavy atom. The first-order chi connectivity index (χ1) is 10.9. The van der Waals surface area contributed by atoms with Crippen molar-refractivity contribution in [2.75, 3.05) is 31.1 Å². The highest BCUT2D eigenvalue weighted by Crippen LogP contribution is 2.27. The molecule has 1 saturated heterocycles. The molecule has 0 radical (unpaired) electrons. The maximum atomic E-state index is 12.5. The minimum absolute atomic E-state index is 0.0237. The van der Waals surface area contributed by atoms with Gasteiger partial charge in [0.15, 0.2) is 11.5 Å². The van der Waals surface area contributed by atoms with Gasteiger partial charge in [0.2, 0.25) is 0 Å². The van der Waals surface area contributed by atoms with E-state index in [2.05, 4.69) is 10.2 Å². The van der Waals surface area contributed by atoms with E-state index in [9.17, 15) is 18.0 Å². The third-order valence-electron chi connectivity index (χ3n) is 3.60. The van der Waals surface area contributed by atoms with E-state index in [0.717, 1.165) is 6.07 Å². The van der Waals surface area contributed by atoms with Crippen LogP contribution in [0.5, 0.6) is 0 Å². The molecule has 0 unspecified atom stereocenters. The van der Waals surface area contributed by atoms with Crippen molar-refractivity contribution in [3.05, 3.63) is 40.2 Å². The molecule has 3 rings (SSSR count). The molecule has 3 heterocycles. The lowest BCUT2D eigenvalue weighted by Gasteiger charge is -2.35. The maximum absolute atomic E-state index is 12.5. The molecule has 0 N–H and O–H groups in total. The summed E-state index contributed by atoms with van der Waals surface area (Å²) in [7, 11) is 0. The third-order valence-corrected chi connectivity index (χ3v) is 4.28. The number of carbonyl (C=O) groups is 1. The molecule has 0 bridgehead atoms. The van der Waals surface area contributed by atoms with E-state index < -0.39 is 11.9 Å². The molecular weight excluding hydrogens is 329 g/mol. The van der Waals surface area contributed by atoms with Crippen LogP contribution in [-0.4, -0.2) is 47.2 Å². The number of halogens is 3. The Morgan fingerprint density at radius 1 is 1.09 bits per heavy atom. The van der Waals surface area contributed by atoms with Gasteiger partial charge in [0.1, 0.15) is 0 Å². The predicted octanol–water partition coefficient (Wildman–Crippen LogP) is 2.52. The standard InChI is InChI=1S/C14H13F3N4OS/c15-14(16,17)11-1-2-12(19-18-11)20-4-6-21(7-5-20)13(22)10-3-8-23-9-10/h1-3,8-9H,4-7H2. The minimum Gasteiger partial charge on any atom is -0.352 e. The SMILES string of the molecule is O=C(c1ccsc1)N1CCN(c2ccc(C(F)(F)F)nn2)CC1. The molecule has 1 aliphatic rings. The van der Waals surface area contributed by atoms with Gasteiger partial charge in [-0.1, -0.05) is 0 Å². The summed E-state index contributed by atoms with van der Waals surface area (Å²) in [5.74, 6) is 0.366. The first kappa shape index (κ1) is 15.7. The van der Waals surface area contributed by atoms with Gasteiger partial charge in [-0.15, -0.1) is 10.2 Å². The molecular formula is C14H13F3N4OS. The second-order valence-electron chi connectivity index (χ2n) is 5.07. The quantitative estimate of drug-likeness (QED) is 0.841. The minimum atomic E-state index is -4.49. The van der Waals surface area contributed by atoms with Gasteiger partial charge in [0.25, 0.3) is 5.91 Å². The van der Waals surface area contributed by atoms with E-state index in [1.165, 1.54) is 17.4 Å². The summed E-state index contributed by atoms with van der Waals surface area (Å²) in [6.45, 7) is 2.01. The Bertz CT molecular complexity index is 664. The van der Waals surface area contributed by atoms with Crippen LogP contribution in [0.2, 0.25) is 0 Å². The van der Waals surface area contributed by atoms with Gasteiger partial charge >= 0.3 is 6.18 Å². The van der Waals surface area contributed by atoms with Crippen LogP contribution in [0.3, 0.4) is 0 Å². The molecule has 1 aliphatic heterocycles. The Balaban J connectivity index is 1.62. The highest BCUT2D eigenvalue weighted by molar-refractivity contribution is 7.08. The largest absolute Gasteiger partial charge is 0.435 e. The number of carbonyl (C=O) groups excluding carboxylic acids is 1. The van der Waals surface area contributed by atoms with Gasteiger partial charge in [-0.25, -0.2) is 0 Å². The van der Waals surface area contributed by atoms with Crippen molar-refractivity contribution in [1.82, 2.24) is 15.1 Å². The van der Waals surface area contributed by atoms with Crippen molar-refractivity contribution >= 4 is 23.1 Å². The Labute approximate surface area is 134 Å². The van der Waals surface area contributed by atoms with Crippen LogP contribution in [0, 0.1) is 0 Å². The van der Waals surface area contributed by atoms with E-state index in [1.807, 2.05) is 10.3 Å². The highest BCUT2D eigenvalue weighted by Gasteiger charge is 2.33. The van der Waals surface area contributed by atoms with Crippen molar-refractivity contribution in [3.8, 4) is 0 Å². The summed E-state index contributed by atoms with van der Waals surface area (Å²) in [5.41, 5.74) is -0.342. The van der Waals surface area contributed by atoms with Crippen LogP contribution in [-0.2, 0) is 6.18 Å². The fourth-order valence-corrected chi connectivity index (χ4v) is 2.98. The smallest absolute Gasteiger partial charge is 0.352 e. The molecule has 23 heavy (non-hydrogen) atoms. The van der Waals surface area contributed by atoms with E-state index in [4.69, 9.17) is 0 Å². The average Bonchev–Trinajstić information content (AvgIpc) is 3.08. The lowest BCUT2D eigenvalue weighted by molar-refractivity contribution is -0.141. The molecule has 0 saturated carbocycles. The summed E-state index contributed by atoms with van der Waals surface area (Å²) in [6, 6.07) is 4.01. The molecule has 0 aromatic carbocycles. The fraction of sp³-hybridized carbons (Fsp3) is 0.357. The number of piperazine rings is 1. The molecule has 5 nitrogen and oxygen atoms in total. The summed E-state index contributed by atoms with van der Waals surface area (Å²) < 4.78 is 37.4. The van der Waals surface area contributed by atoms with E-state index in [1.54, 1.807) is 16.3 Å². The fourth-order valence-electron chi connectivity index (χ4n) is 2.35. The van der Waals surface area contributed by atoms with Crippen LogP contribution < -0.4 is 4.90 Å². The molecule has 0 atom stereocenters. The van der Waals surface area contributed by atoms with Gasteiger partial charge in [0, 0.05) is 31.6 Å². The molecule has 0 spiro atoms. The zero-order valence-corrected chi connectivity index (χ0v) is 12.8. The first-order valence-electron chi connectivity index (χ1n) is 6.92. The van der Waals surface area contributed by atoms with E-state index in [-0.39, 0.29) is 5.91 Å². The number of thiophene rings is 1. The molecule has 2 aromatic rings. The van der Waals surface area contributed by atoms with Crippen LogP contribution in [0.25, 0.3) is 0 Å². The van der Waals surface area contributed by atoms with E-state index >= 15 is 0 Å². The molecule has 1 fully saturated rings. The number of aromatic nitrogens is 2. The molecule has 0 aliphatic carbocycles. The van der Waals surface area contributed by atoms with Gasteiger partial charge in [0.05, 0.1) is 5.56 Å². The van der Waals surface area contributed by atoms with Crippen molar-refractivity contribution in [2.45, 2.75) is 6.18 Å². The third kappa shape index (κ3) is 3.44. The molecule has 1 amide bonds. The second-order valence-corrected chi connectivity index (χ2v) is 5.85. The average molecular weight is 342 g/mol. The van der Waals surface area contributed by atoms with Crippen LogP contribution in [0.15, 0.2) is 29.0 Å². The van der Waals surface area contributed by atoms with Gasteiger partial charge in [-0.05, 0) is 23.6 Å². The van der Waals surface area contributed by atoms with Crippen molar-refractivity contribution in [1.29, 1.82) is 0 Å². The number of rotatable bonds is 2. The van der Waals surface area contributed by atoms with Gasteiger partial charge < -0.3 is 9.80 Å². The second kappa shape index (κ2) is 6.15. The van der Waals surface area contributed by atoms with E-state index in [0.29, 0.717) is 37.6 Å². The van der Waals surface area contributed by atoms with Crippen molar-refractivity contribution in [3.63, 3.8) is 0 Å². The predicted molar refractivity (Wildman–Crippen MR) is 79.5 cm³/mol. The van der Waals surface area contributed by atoms with Crippen LogP contribution >= 0.6 is 11.3 Å². The zero-order chi connectivity index (χ0) is 16.4. The molecule has 9 heteroatoms. The monoisotopic (exact) mass is 342 g/mol. The van der Waals surface area contributed by atoms with Crippen LogP contribution in [0.4, 0.5) is 19.0 Å². The Kier molecular flexibility index (Phi) is 4.20. The van der Waals surface area contributed by atoms with Crippen LogP contribution in [0.1, 0.15) is 16.1 Å². The lowest BCUT2D eigenvalue weighted by atomic mass is 10.2. The zero-order valence-electron chi connectivity index (χ0n) is 12.0. The number of amides is 1. The van der Waals surface area contributed by atoms with Crippen molar-refractivity contribution in [2.24, 2.45) is 0 Å². The number of nitrogens with zero attached hydrogens (tertiary/aromatic N) is 4. The lowest BCUT2D eigenvalue weighted by Crippen LogP contribution is -2.49. The first-order valence-corrected chi connectivity index (χ1v) is 7.87. The summed E-state index contributed by atoms with van der Waals surface area (Å²) in [6.07, 6.45) is -4.49. The number of anilines is 1. The number of hydrogen-bond donors (Lipinski definition) is 0. The number of alkyl halides is 3. The molecule has 122 valence electrons. The Morgan fingerprint density at radius 2 is 1.83 bits per heavy atom. The summed E-state index contributed by atoms with van der Waals surface area (Å²) in [5, 5.41) is 10.5. The molecule has 2 aromatic heterocycles.